The molecular formula is C26H34N4. The molecular weight excluding hydrogens is 368 g/mol. The van der Waals surface area contributed by atoms with Crippen LogP contribution >= 0.6 is 0 Å². The first kappa shape index (κ1) is 22.2. The van der Waals surface area contributed by atoms with Crippen molar-refractivity contribution in [2.24, 2.45) is 22.9 Å². The van der Waals surface area contributed by atoms with Gasteiger partial charge in [-0.15, -0.1) is 0 Å². The second kappa shape index (κ2) is 11.0. The van der Waals surface area contributed by atoms with Gasteiger partial charge in [-0.25, -0.2) is 0 Å². The summed E-state index contributed by atoms with van der Waals surface area (Å²) >= 11 is 0. The number of nitrogens with two attached hydrogens (primary N) is 4. The third-order valence-corrected chi connectivity index (χ3v) is 5.62. The highest BCUT2D eigenvalue weighted by Crippen LogP contribution is 2.39. The third-order valence-electron chi connectivity index (χ3n) is 5.62. The van der Waals surface area contributed by atoms with E-state index in [2.05, 4.69) is 54.6 Å². The lowest BCUT2D eigenvalue weighted by Crippen LogP contribution is -2.17. The van der Waals surface area contributed by atoms with Gasteiger partial charge in [-0.1, -0.05) is 60.7 Å². The molecule has 4 nitrogen and oxygen atoms in total. The van der Waals surface area contributed by atoms with Gasteiger partial charge in [0.2, 0.25) is 0 Å². The van der Waals surface area contributed by atoms with Gasteiger partial charge in [-0.2, -0.15) is 0 Å². The van der Waals surface area contributed by atoms with Crippen LogP contribution in [0.1, 0.15) is 22.3 Å². The molecule has 0 aromatic heterocycles. The Kier molecular flexibility index (Phi) is 8.17. The van der Waals surface area contributed by atoms with Crippen molar-refractivity contribution in [1.82, 2.24) is 0 Å². The molecule has 158 valence electrons. The Morgan fingerprint density at radius 2 is 1.03 bits per heavy atom. The largest absolute Gasteiger partial charge is 0.330 e. The van der Waals surface area contributed by atoms with Crippen LogP contribution in [0.4, 0.5) is 0 Å². The normalized spacial score (nSPS) is 11.1. The first-order valence-corrected chi connectivity index (χ1v) is 10.9. The van der Waals surface area contributed by atoms with E-state index in [1.165, 1.54) is 44.5 Å². The van der Waals surface area contributed by atoms with Crippen molar-refractivity contribution in [1.29, 1.82) is 0 Å². The molecule has 3 aromatic rings. The first-order valence-electron chi connectivity index (χ1n) is 10.9. The highest BCUT2D eigenvalue weighted by Gasteiger charge is 2.20. The maximum Gasteiger partial charge on any atom is -0.00364 e. The predicted molar refractivity (Wildman–Crippen MR) is 128 cm³/mol. The fourth-order valence-corrected chi connectivity index (χ4v) is 4.42. The molecule has 3 aromatic carbocycles. The van der Waals surface area contributed by atoms with Gasteiger partial charge in [0, 0.05) is 0 Å². The Morgan fingerprint density at radius 3 is 1.67 bits per heavy atom. The molecule has 4 heteroatoms. The van der Waals surface area contributed by atoms with Crippen LogP contribution in [0.5, 0.6) is 0 Å². The van der Waals surface area contributed by atoms with Crippen molar-refractivity contribution in [3.05, 3.63) is 82.9 Å². The molecule has 0 fully saturated rings. The molecule has 30 heavy (non-hydrogen) atoms. The van der Waals surface area contributed by atoms with Crippen molar-refractivity contribution in [3.63, 3.8) is 0 Å². The molecule has 0 spiro atoms. The van der Waals surface area contributed by atoms with Gasteiger partial charge in [0.25, 0.3) is 0 Å². The standard InChI is InChI=1S/C26H34N4/c27-14-10-20-18-21(11-15-28)26(25(13-17-30)23(20)12-16-29)24-9-5-4-8-22(24)19-6-2-1-3-7-19/h1-9,18H,10-17,27-30H2. The summed E-state index contributed by atoms with van der Waals surface area (Å²) in [6, 6.07) is 21.5. The second-order valence-corrected chi connectivity index (χ2v) is 7.59. The summed E-state index contributed by atoms with van der Waals surface area (Å²) in [6.07, 6.45) is 3.29. The van der Waals surface area contributed by atoms with Gasteiger partial charge in [0.15, 0.2) is 0 Å². The predicted octanol–water partition coefficient (Wildman–Crippen LogP) is 3.03. The molecule has 0 heterocycles. The van der Waals surface area contributed by atoms with Crippen LogP contribution < -0.4 is 22.9 Å². The fourth-order valence-electron chi connectivity index (χ4n) is 4.42. The summed E-state index contributed by atoms with van der Waals surface area (Å²) in [6.45, 7) is 2.40. The Labute approximate surface area is 180 Å². The lowest BCUT2D eigenvalue weighted by atomic mass is 9.81. The second-order valence-electron chi connectivity index (χ2n) is 7.59. The van der Waals surface area contributed by atoms with E-state index in [1.54, 1.807) is 0 Å². The smallest absolute Gasteiger partial charge is 0.00364 e. The Bertz CT molecular complexity index is 951. The average Bonchev–Trinajstić information content (AvgIpc) is 2.77. The minimum Gasteiger partial charge on any atom is -0.330 e. The van der Waals surface area contributed by atoms with Crippen LogP contribution in [0.3, 0.4) is 0 Å². The summed E-state index contributed by atoms with van der Waals surface area (Å²) in [5, 5.41) is 0. The van der Waals surface area contributed by atoms with Crippen molar-refractivity contribution in [3.8, 4) is 22.3 Å². The summed E-state index contributed by atoms with van der Waals surface area (Å²) < 4.78 is 0. The number of hydrogen-bond acceptors (Lipinski definition) is 4. The molecule has 0 saturated carbocycles. The Balaban J connectivity index is 2.34. The van der Waals surface area contributed by atoms with E-state index in [4.69, 9.17) is 22.9 Å². The zero-order valence-corrected chi connectivity index (χ0v) is 17.7. The average molecular weight is 403 g/mol. The monoisotopic (exact) mass is 402 g/mol. The lowest BCUT2D eigenvalue weighted by Gasteiger charge is -2.24. The summed E-state index contributed by atoms with van der Waals surface area (Å²) in [4.78, 5) is 0. The Hall–Kier alpha value is -2.50. The summed E-state index contributed by atoms with van der Waals surface area (Å²) in [5.74, 6) is 0. The fraction of sp³-hybridized carbons (Fsp3) is 0.308. The van der Waals surface area contributed by atoms with Crippen LogP contribution in [0.25, 0.3) is 22.3 Å². The van der Waals surface area contributed by atoms with E-state index >= 15 is 0 Å². The number of hydrogen-bond donors (Lipinski definition) is 4. The number of rotatable bonds is 10. The molecule has 0 amide bonds. The molecule has 0 bridgehead atoms. The van der Waals surface area contributed by atoms with Gasteiger partial charge in [0.05, 0.1) is 0 Å². The Morgan fingerprint density at radius 1 is 0.500 bits per heavy atom. The van der Waals surface area contributed by atoms with E-state index in [1.807, 2.05) is 6.07 Å². The highest BCUT2D eigenvalue weighted by molar-refractivity contribution is 5.87. The van der Waals surface area contributed by atoms with Crippen molar-refractivity contribution >= 4 is 0 Å². The minimum absolute atomic E-state index is 0.590. The third kappa shape index (κ3) is 4.79. The van der Waals surface area contributed by atoms with Gasteiger partial charge >= 0.3 is 0 Å². The maximum absolute atomic E-state index is 6.09. The van der Waals surface area contributed by atoms with E-state index < -0.39 is 0 Å². The van der Waals surface area contributed by atoms with E-state index in [0.29, 0.717) is 26.2 Å². The van der Waals surface area contributed by atoms with Crippen LogP contribution in [0.2, 0.25) is 0 Å². The molecule has 0 radical (unpaired) electrons. The minimum atomic E-state index is 0.590. The summed E-state index contributed by atoms with van der Waals surface area (Å²) in [5.41, 5.74) is 34.2. The molecule has 0 aliphatic carbocycles. The highest BCUT2D eigenvalue weighted by atomic mass is 14.5. The summed E-state index contributed by atoms with van der Waals surface area (Å²) in [7, 11) is 0. The van der Waals surface area contributed by atoms with Crippen LogP contribution in [-0.2, 0) is 25.7 Å². The van der Waals surface area contributed by atoms with Crippen molar-refractivity contribution in [2.45, 2.75) is 25.7 Å². The zero-order chi connectivity index (χ0) is 21.3. The molecule has 0 unspecified atom stereocenters. The quantitative estimate of drug-likeness (QED) is 0.418. The molecule has 0 saturated heterocycles. The van der Waals surface area contributed by atoms with Crippen LogP contribution in [0.15, 0.2) is 60.7 Å². The number of benzene rings is 3. The molecule has 0 aliphatic rings. The molecule has 3 rings (SSSR count). The topological polar surface area (TPSA) is 104 Å². The van der Waals surface area contributed by atoms with Gasteiger partial charge in [-0.3, -0.25) is 0 Å². The van der Waals surface area contributed by atoms with E-state index in [0.717, 1.165) is 25.7 Å². The van der Waals surface area contributed by atoms with Gasteiger partial charge in [0.1, 0.15) is 0 Å². The van der Waals surface area contributed by atoms with E-state index in [-0.39, 0.29) is 0 Å². The SMILES string of the molecule is NCCc1cc(CCN)c(-c2ccccc2-c2ccccc2)c(CCN)c1CCN. The lowest BCUT2D eigenvalue weighted by molar-refractivity contribution is 0.858. The van der Waals surface area contributed by atoms with E-state index in [9.17, 15) is 0 Å². The van der Waals surface area contributed by atoms with Gasteiger partial charge in [-0.05, 0) is 96.4 Å². The molecule has 8 N–H and O–H groups in total. The zero-order valence-electron chi connectivity index (χ0n) is 17.7. The first-order chi connectivity index (χ1) is 14.7. The van der Waals surface area contributed by atoms with Crippen molar-refractivity contribution < 1.29 is 0 Å². The van der Waals surface area contributed by atoms with Crippen molar-refractivity contribution in [2.75, 3.05) is 26.2 Å². The van der Waals surface area contributed by atoms with Gasteiger partial charge < -0.3 is 22.9 Å². The molecule has 0 atom stereocenters. The van der Waals surface area contributed by atoms with Crippen LogP contribution in [0, 0.1) is 0 Å². The molecule has 0 aliphatic heterocycles. The maximum atomic E-state index is 6.09. The van der Waals surface area contributed by atoms with Crippen LogP contribution in [-0.4, -0.2) is 26.2 Å².